The van der Waals surface area contributed by atoms with Gasteiger partial charge in [0.15, 0.2) is 5.65 Å². The van der Waals surface area contributed by atoms with Gasteiger partial charge in [0.25, 0.3) is 6.01 Å². The van der Waals surface area contributed by atoms with Gasteiger partial charge in [0, 0.05) is 0 Å². The van der Waals surface area contributed by atoms with Crippen molar-refractivity contribution in [2.45, 2.75) is 6.92 Å². The smallest absolute Gasteiger partial charge is 0.296 e. The Morgan fingerprint density at radius 2 is 2.46 bits per heavy atom. The van der Waals surface area contributed by atoms with E-state index in [0.29, 0.717) is 24.0 Å². The monoisotopic (exact) mass is 178 g/mol. The summed E-state index contributed by atoms with van der Waals surface area (Å²) in [5.74, 6) is 0. The van der Waals surface area contributed by atoms with Gasteiger partial charge in [-0.3, -0.25) is 0 Å². The first-order valence-corrected chi connectivity index (χ1v) is 4.03. The van der Waals surface area contributed by atoms with Gasteiger partial charge in [-0.1, -0.05) is 0 Å². The number of imidazole rings is 1. The third-order valence-corrected chi connectivity index (χ3v) is 1.62. The SMILES string of the molecule is CCOc1nc2ncc(N)cc2[nH]1. The number of nitrogens with two attached hydrogens (primary N) is 1. The molecule has 3 N–H and O–H groups in total. The van der Waals surface area contributed by atoms with Gasteiger partial charge in [-0.05, 0) is 13.0 Å². The molecule has 0 saturated heterocycles. The van der Waals surface area contributed by atoms with E-state index in [-0.39, 0.29) is 0 Å². The number of nitrogens with zero attached hydrogens (tertiary/aromatic N) is 2. The molecule has 0 atom stereocenters. The Labute approximate surface area is 74.9 Å². The third kappa shape index (κ3) is 1.40. The van der Waals surface area contributed by atoms with Crippen LogP contribution in [0.1, 0.15) is 6.92 Å². The van der Waals surface area contributed by atoms with Gasteiger partial charge in [-0.25, -0.2) is 4.98 Å². The van der Waals surface area contributed by atoms with E-state index < -0.39 is 0 Å². The fraction of sp³-hybridized carbons (Fsp3) is 0.250. The normalized spacial score (nSPS) is 10.5. The summed E-state index contributed by atoms with van der Waals surface area (Å²) in [5, 5.41) is 0. The molecule has 0 fully saturated rings. The molecule has 0 aliphatic heterocycles. The van der Waals surface area contributed by atoms with E-state index >= 15 is 0 Å². The van der Waals surface area contributed by atoms with Crippen LogP contribution in [0.4, 0.5) is 5.69 Å². The number of anilines is 1. The Balaban J connectivity index is 2.49. The van der Waals surface area contributed by atoms with Crippen molar-refractivity contribution in [2.24, 2.45) is 0 Å². The molecule has 2 aromatic rings. The number of hydrogen-bond donors (Lipinski definition) is 2. The topological polar surface area (TPSA) is 76.8 Å². The first-order valence-electron chi connectivity index (χ1n) is 4.03. The zero-order valence-electron chi connectivity index (χ0n) is 7.24. The minimum atomic E-state index is 0.482. The molecule has 13 heavy (non-hydrogen) atoms. The molecule has 2 heterocycles. The van der Waals surface area contributed by atoms with E-state index in [1.807, 2.05) is 6.92 Å². The predicted octanol–water partition coefficient (Wildman–Crippen LogP) is 0.939. The van der Waals surface area contributed by atoms with E-state index in [2.05, 4.69) is 15.0 Å². The van der Waals surface area contributed by atoms with Crippen LogP contribution >= 0.6 is 0 Å². The van der Waals surface area contributed by atoms with E-state index in [4.69, 9.17) is 10.5 Å². The Kier molecular flexibility index (Phi) is 1.77. The number of ether oxygens (including phenoxy) is 1. The lowest BCUT2D eigenvalue weighted by Gasteiger charge is -1.93. The van der Waals surface area contributed by atoms with Gasteiger partial charge < -0.3 is 15.5 Å². The summed E-state index contributed by atoms with van der Waals surface area (Å²) in [4.78, 5) is 11.1. The van der Waals surface area contributed by atoms with E-state index in [9.17, 15) is 0 Å². The maximum atomic E-state index is 5.56. The van der Waals surface area contributed by atoms with Crippen LogP contribution in [0.15, 0.2) is 12.3 Å². The molecule has 0 amide bonds. The molecule has 0 aliphatic rings. The maximum absolute atomic E-state index is 5.56. The standard InChI is InChI=1S/C8H10N4O/c1-2-13-8-11-6-3-5(9)4-10-7(6)12-8/h3-4H,2,9H2,1H3,(H,10,11,12). The average Bonchev–Trinajstić information content (AvgIpc) is 2.46. The van der Waals surface area contributed by atoms with Crippen molar-refractivity contribution in [3.63, 3.8) is 0 Å². The number of H-pyrrole nitrogens is 1. The lowest BCUT2D eigenvalue weighted by Crippen LogP contribution is -1.92. The highest BCUT2D eigenvalue weighted by molar-refractivity contribution is 5.74. The first-order chi connectivity index (χ1) is 6.29. The van der Waals surface area contributed by atoms with Crippen molar-refractivity contribution in [2.75, 3.05) is 12.3 Å². The molecule has 0 spiro atoms. The second kappa shape index (κ2) is 2.93. The van der Waals surface area contributed by atoms with Crippen LogP contribution in [0.2, 0.25) is 0 Å². The van der Waals surface area contributed by atoms with Crippen molar-refractivity contribution >= 4 is 16.9 Å². The van der Waals surface area contributed by atoms with Crippen LogP contribution in [0.5, 0.6) is 6.01 Å². The van der Waals surface area contributed by atoms with Gasteiger partial charge in [-0.15, -0.1) is 0 Å². The molecular weight excluding hydrogens is 168 g/mol. The fourth-order valence-electron chi connectivity index (χ4n) is 1.10. The van der Waals surface area contributed by atoms with E-state index in [0.717, 1.165) is 5.52 Å². The minimum Gasteiger partial charge on any atom is -0.465 e. The van der Waals surface area contributed by atoms with Crippen LogP contribution in [0.3, 0.4) is 0 Å². The quantitative estimate of drug-likeness (QED) is 0.717. The van der Waals surface area contributed by atoms with Crippen LogP contribution in [-0.2, 0) is 0 Å². The van der Waals surface area contributed by atoms with Gasteiger partial charge in [0.2, 0.25) is 0 Å². The first kappa shape index (κ1) is 7.85. The lowest BCUT2D eigenvalue weighted by atomic mass is 10.4. The molecule has 2 aromatic heterocycles. The van der Waals surface area contributed by atoms with Crippen molar-refractivity contribution in [1.82, 2.24) is 15.0 Å². The van der Waals surface area contributed by atoms with E-state index in [1.54, 1.807) is 12.3 Å². The van der Waals surface area contributed by atoms with Gasteiger partial charge in [0.1, 0.15) is 0 Å². The van der Waals surface area contributed by atoms with Crippen LogP contribution in [0.25, 0.3) is 11.2 Å². The highest BCUT2D eigenvalue weighted by atomic mass is 16.5. The van der Waals surface area contributed by atoms with Gasteiger partial charge >= 0.3 is 0 Å². The number of hydrogen-bond acceptors (Lipinski definition) is 4. The number of nitrogens with one attached hydrogen (secondary N) is 1. The summed E-state index contributed by atoms with van der Waals surface area (Å²) in [5.41, 5.74) is 7.58. The maximum Gasteiger partial charge on any atom is 0.296 e. The van der Waals surface area contributed by atoms with E-state index in [1.165, 1.54) is 0 Å². The summed E-state index contributed by atoms with van der Waals surface area (Å²) in [7, 11) is 0. The zero-order valence-corrected chi connectivity index (χ0v) is 7.24. The van der Waals surface area contributed by atoms with Gasteiger partial charge in [-0.2, -0.15) is 4.98 Å². The molecule has 5 nitrogen and oxygen atoms in total. The number of aromatic amines is 1. The van der Waals surface area contributed by atoms with Crippen molar-refractivity contribution in [3.8, 4) is 6.01 Å². The molecule has 0 unspecified atom stereocenters. The third-order valence-electron chi connectivity index (χ3n) is 1.62. The molecule has 0 aromatic carbocycles. The highest BCUT2D eigenvalue weighted by Crippen LogP contribution is 2.15. The van der Waals surface area contributed by atoms with Crippen molar-refractivity contribution in [1.29, 1.82) is 0 Å². The molecule has 2 rings (SSSR count). The molecule has 68 valence electrons. The Morgan fingerprint density at radius 3 is 3.23 bits per heavy atom. The second-order valence-electron chi connectivity index (χ2n) is 2.61. The Morgan fingerprint density at radius 1 is 1.62 bits per heavy atom. The van der Waals surface area contributed by atoms with Crippen molar-refractivity contribution < 1.29 is 4.74 Å². The zero-order chi connectivity index (χ0) is 9.26. The summed E-state index contributed by atoms with van der Waals surface area (Å²) in [6, 6.07) is 2.26. The summed E-state index contributed by atoms with van der Waals surface area (Å²) < 4.78 is 5.18. The fourth-order valence-corrected chi connectivity index (χ4v) is 1.10. The predicted molar refractivity (Wildman–Crippen MR) is 49.5 cm³/mol. The largest absolute Gasteiger partial charge is 0.465 e. The summed E-state index contributed by atoms with van der Waals surface area (Å²) in [6.07, 6.45) is 1.57. The Hall–Kier alpha value is -1.78. The van der Waals surface area contributed by atoms with Gasteiger partial charge in [0.05, 0.1) is 24.0 Å². The number of fused-ring (bicyclic) bond motifs is 1. The molecular formula is C8H10N4O. The second-order valence-corrected chi connectivity index (χ2v) is 2.61. The number of nitrogen functional groups attached to an aromatic ring is 1. The number of rotatable bonds is 2. The lowest BCUT2D eigenvalue weighted by molar-refractivity contribution is 0.317. The van der Waals surface area contributed by atoms with Crippen molar-refractivity contribution in [3.05, 3.63) is 12.3 Å². The number of aromatic nitrogens is 3. The summed E-state index contributed by atoms with van der Waals surface area (Å²) >= 11 is 0. The Bertz CT molecular complexity index is 423. The number of pyridine rings is 1. The molecule has 0 aliphatic carbocycles. The van der Waals surface area contributed by atoms with Crippen LogP contribution < -0.4 is 10.5 Å². The molecule has 0 radical (unpaired) electrons. The molecule has 5 heteroatoms. The van der Waals surface area contributed by atoms with Crippen LogP contribution in [-0.4, -0.2) is 21.6 Å². The minimum absolute atomic E-state index is 0.482. The molecule has 0 bridgehead atoms. The highest BCUT2D eigenvalue weighted by Gasteiger charge is 2.03. The average molecular weight is 178 g/mol. The molecule has 0 saturated carbocycles. The summed E-state index contributed by atoms with van der Waals surface area (Å²) in [6.45, 7) is 2.48. The van der Waals surface area contributed by atoms with Crippen LogP contribution in [0, 0.1) is 0 Å².